The van der Waals surface area contributed by atoms with Crippen molar-refractivity contribution in [2.75, 3.05) is 26.2 Å². The molecule has 1 N–H and O–H groups in total. The van der Waals surface area contributed by atoms with Gasteiger partial charge in [0.2, 0.25) is 0 Å². The Balaban J connectivity index is 0.00000150. The lowest BCUT2D eigenvalue weighted by Crippen LogP contribution is -2.33. The average molecular weight is 468 g/mol. The molecule has 2 aromatic rings. The van der Waals surface area contributed by atoms with Crippen molar-refractivity contribution in [1.29, 1.82) is 0 Å². The molecule has 2 atom stereocenters. The molecule has 2 saturated heterocycles. The Morgan fingerprint density at radius 2 is 1.79 bits per heavy atom. The third kappa shape index (κ3) is 5.23. The Kier molecular flexibility index (Phi) is 7.95. The van der Waals surface area contributed by atoms with Crippen molar-refractivity contribution in [2.45, 2.75) is 19.0 Å². The molecular formula is C19H22Cl2F3N3OS. The Morgan fingerprint density at radius 1 is 1.14 bits per heavy atom. The number of aromatic nitrogens is 1. The second kappa shape index (κ2) is 9.64. The van der Waals surface area contributed by atoms with E-state index in [2.05, 4.69) is 10.3 Å². The van der Waals surface area contributed by atoms with Gasteiger partial charge in [-0.15, -0.1) is 36.2 Å². The zero-order chi connectivity index (χ0) is 19.0. The highest BCUT2D eigenvalue weighted by atomic mass is 35.5. The maximum atomic E-state index is 12.9. The van der Waals surface area contributed by atoms with Crippen LogP contribution < -0.4 is 5.32 Å². The largest absolute Gasteiger partial charge is 0.416 e. The van der Waals surface area contributed by atoms with E-state index in [4.69, 9.17) is 0 Å². The fraction of sp³-hybridized carbons (Fsp3) is 0.474. The van der Waals surface area contributed by atoms with Gasteiger partial charge in [0.05, 0.1) is 5.56 Å². The SMILES string of the molecule is Cl.Cl.O=C(c1csc(-c2cccc(C(F)(F)F)c2)n1)N1CC[C@@H]2CNC[C@@H]2CC1. The quantitative estimate of drug-likeness (QED) is 0.693. The molecule has 1 amide bonds. The van der Waals surface area contributed by atoms with Gasteiger partial charge in [-0.05, 0) is 49.9 Å². The lowest BCUT2D eigenvalue weighted by molar-refractivity contribution is -0.137. The van der Waals surface area contributed by atoms with Crippen LogP contribution in [-0.2, 0) is 6.18 Å². The summed E-state index contributed by atoms with van der Waals surface area (Å²) < 4.78 is 38.7. The minimum Gasteiger partial charge on any atom is -0.337 e. The number of thiazole rings is 1. The Hall–Kier alpha value is -1.35. The molecule has 0 aliphatic carbocycles. The van der Waals surface area contributed by atoms with Crippen molar-refractivity contribution in [1.82, 2.24) is 15.2 Å². The summed E-state index contributed by atoms with van der Waals surface area (Å²) in [5.41, 5.74) is -0.0151. The van der Waals surface area contributed by atoms with Gasteiger partial charge in [0, 0.05) is 24.0 Å². The Morgan fingerprint density at radius 3 is 2.41 bits per heavy atom. The second-order valence-corrected chi connectivity index (χ2v) is 8.02. The molecule has 1 aromatic heterocycles. The molecular weight excluding hydrogens is 446 g/mol. The first kappa shape index (κ1) is 23.9. The maximum Gasteiger partial charge on any atom is 0.416 e. The average Bonchev–Trinajstić information content (AvgIpc) is 3.27. The first-order valence-electron chi connectivity index (χ1n) is 9.05. The van der Waals surface area contributed by atoms with E-state index in [-0.39, 0.29) is 30.7 Å². The number of halogens is 5. The molecule has 3 heterocycles. The third-order valence-electron chi connectivity index (χ3n) is 5.47. The van der Waals surface area contributed by atoms with E-state index >= 15 is 0 Å². The molecule has 0 saturated carbocycles. The molecule has 4 nitrogen and oxygen atoms in total. The van der Waals surface area contributed by atoms with Gasteiger partial charge in [-0.2, -0.15) is 13.2 Å². The van der Waals surface area contributed by atoms with Crippen molar-refractivity contribution in [3.63, 3.8) is 0 Å². The summed E-state index contributed by atoms with van der Waals surface area (Å²) in [5, 5.41) is 5.49. The first-order valence-corrected chi connectivity index (χ1v) is 9.93. The van der Waals surface area contributed by atoms with Gasteiger partial charge in [-0.1, -0.05) is 12.1 Å². The molecule has 160 valence electrons. The van der Waals surface area contributed by atoms with Crippen LogP contribution in [0, 0.1) is 11.8 Å². The Bertz CT molecular complexity index is 832. The zero-order valence-electron chi connectivity index (χ0n) is 15.4. The number of hydrogen-bond acceptors (Lipinski definition) is 4. The molecule has 0 spiro atoms. The van der Waals surface area contributed by atoms with Gasteiger partial charge in [-0.25, -0.2) is 4.98 Å². The highest BCUT2D eigenvalue weighted by Crippen LogP contribution is 2.33. The molecule has 2 aliphatic rings. The van der Waals surface area contributed by atoms with Crippen LogP contribution in [-0.4, -0.2) is 42.0 Å². The number of likely N-dealkylation sites (tertiary alicyclic amines) is 1. The summed E-state index contributed by atoms with van der Waals surface area (Å²) >= 11 is 1.20. The van der Waals surface area contributed by atoms with E-state index in [9.17, 15) is 18.0 Å². The van der Waals surface area contributed by atoms with Gasteiger partial charge in [-0.3, -0.25) is 4.79 Å². The molecule has 1 aromatic carbocycles. The summed E-state index contributed by atoms with van der Waals surface area (Å²) in [7, 11) is 0. The van der Waals surface area contributed by atoms with Crippen LogP contribution in [0.3, 0.4) is 0 Å². The predicted octanol–water partition coefficient (Wildman–Crippen LogP) is 4.74. The monoisotopic (exact) mass is 467 g/mol. The van der Waals surface area contributed by atoms with Crippen LogP contribution >= 0.6 is 36.2 Å². The van der Waals surface area contributed by atoms with Crippen molar-refractivity contribution in [3.8, 4) is 10.6 Å². The van der Waals surface area contributed by atoms with Gasteiger partial charge < -0.3 is 10.2 Å². The van der Waals surface area contributed by atoms with E-state index in [1.54, 1.807) is 11.4 Å². The van der Waals surface area contributed by atoms with E-state index < -0.39 is 11.7 Å². The summed E-state index contributed by atoms with van der Waals surface area (Å²) in [6, 6.07) is 5.06. The Labute approximate surface area is 183 Å². The number of alkyl halides is 3. The summed E-state index contributed by atoms with van der Waals surface area (Å²) in [6.07, 6.45) is -2.44. The van der Waals surface area contributed by atoms with Crippen molar-refractivity contribution in [2.24, 2.45) is 11.8 Å². The number of rotatable bonds is 2. The van der Waals surface area contributed by atoms with Crippen LogP contribution in [0.4, 0.5) is 13.2 Å². The van der Waals surface area contributed by atoms with Crippen LogP contribution in [0.15, 0.2) is 29.6 Å². The number of carbonyl (C=O) groups excluding carboxylic acids is 1. The fourth-order valence-electron chi connectivity index (χ4n) is 3.92. The third-order valence-corrected chi connectivity index (χ3v) is 6.36. The van der Waals surface area contributed by atoms with Gasteiger partial charge >= 0.3 is 6.18 Å². The molecule has 0 bridgehead atoms. The molecule has 29 heavy (non-hydrogen) atoms. The molecule has 2 fully saturated rings. The standard InChI is InChI=1S/C19H20F3N3OS.2ClH/c20-19(21,22)15-3-1-2-12(8-15)17-24-16(11-27-17)18(26)25-6-4-13-9-23-10-14(13)5-7-25;;/h1-3,8,11,13-14,23H,4-7,9-10H2;2*1H/t13-,14+;;. The van der Waals surface area contributed by atoms with Gasteiger partial charge in [0.15, 0.2) is 0 Å². The molecule has 0 unspecified atom stereocenters. The molecule has 4 rings (SSSR count). The minimum atomic E-state index is -4.40. The summed E-state index contributed by atoms with van der Waals surface area (Å²) in [5.74, 6) is 1.12. The smallest absolute Gasteiger partial charge is 0.337 e. The van der Waals surface area contributed by atoms with Crippen LogP contribution in [0.2, 0.25) is 0 Å². The first-order chi connectivity index (χ1) is 12.9. The van der Waals surface area contributed by atoms with E-state index in [1.807, 2.05) is 4.90 Å². The maximum absolute atomic E-state index is 12.9. The summed E-state index contributed by atoms with van der Waals surface area (Å²) in [6.45, 7) is 3.45. The van der Waals surface area contributed by atoms with E-state index in [0.717, 1.165) is 38.1 Å². The lowest BCUT2D eigenvalue weighted by Gasteiger charge is -2.19. The molecule has 0 radical (unpaired) electrons. The number of fused-ring (bicyclic) bond motifs is 1. The topological polar surface area (TPSA) is 45.2 Å². The number of nitrogens with one attached hydrogen (secondary N) is 1. The normalized spacial score (nSPS) is 21.6. The number of benzene rings is 1. The number of carbonyl (C=O) groups is 1. The predicted molar refractivity (Wildman–Crippen MR) is 112 cm³/mol. The minimum absolute atomic E-state index is 0. The summed E-state index contributed by atoms with van der Waals surface area (Å²) in [4.78, 5) is 19.0. The van der Waals surface area contributed by atoms with Crippen LogP contribution in [0.5, 0.6) is 0 Å². The van der Waals surface area contributed by atoms with Gasteiger partial charge in [0.1, 0.15) is 10.7 Å². The lowest BCUT2D eigenvalue weighted by atomic mass is 9.92. The highest BCUT2D eigenvalue weighted by molar-refractivity contribution is 7.13. The number of hydrogen-bond donors (Lipinski definition) is 1. The molecule has 10 heteroatoms. The number of nitrogens with zero attached hydrogens (tertiary/aromatic N) is 2. The van der Waals surface area contributed by atoms with E-state index in [1.165, 1.54) is 17.4 Å². The fourth-order valence-corrected chi connectivity index (χ4v) is 4.71. The molecule has 2 aliphatic heterocycles. The number of amides is 1. The van der Waals surface area contributed by atoms with Crippen LogP contribution in [0.25, 0.3) is 10.6 Å². The zero-order valence-corrected chi connectivity index (χ0v) is 17.9. The van der Waals surface area contributed by atoms with Gasteiger partial charge in [0.25, 0.3) is 5.91 Å². The van der Waals surface area contributed by atoms with Crippen LogP contribution in [0.1, 0.15) is 28.9 Å². The second-order valence-electron chi connectivity index (χ2n) is 7.16. The highest BCUT2D eigenvalue weighted by Gasteiger charge is 2.33. The van der Waals surface area contributed by atoms with Crippen molar-refractivity contribution in [3.05, 3.63) is 40.9 Å². The van der Waals surface area contributed by atoms with E-state index in [0.29, 0.717) is 41.2 Å². The van der Waals surface area contributed by atoms with Crippen molar-refractivity contribution >= 4 is 42.1 Å². The van der Waals surface area contributed by atoms with Crippen molar-refractivity contribution < 1.29 is 18.0 Å².